The molecule has 170 valence electrons. The van der Waals surface area contributed by atoms with Crippen LogP contribution in [0.2, 0.25) is 0 Å². The van der Waals surface area contributed by atoms with E-state index in [2.05, 4.69) is 39.3 Å². The highest BCUT2D eigenvalue weighted by atomic mass is 32.2. The van der Waals surface area contributed by atoms with Crippen LogP contribution in [-0.2, 0) is 6.18 Å². The average Bonchev–Trinajstić information content (AvgIpc) is 3.28. The van der Waals surface area contributed by atoms with Crippen LogP contribution in [0.4, 0.5) is 19.0 Å². The molecule has 0 aliphatic carbocycles. The second kappa shape index (κ2) is 9.70. The van der Waals surface area contributed by atoms with Crippen LogP contribution in [-0.4, -0.2) is 27.8 Å². The molecule has 1 unspecified atom stereocenters. The average molecular weight is 469 g/mol. The number of nitrogens with one attached hydrogen (secondary N) is 2. The number of H-pyrrole nitrogens is 1. The molecule has 0 fully saturated rings. The summed E-state index contributed by atoms with van der Waals surface area (Å²) in [5.74, 6) is 0.971. The number of benzene rings is 2. The summed E-state index contributed by atoms with van der Waals surface area (Å²) in [5, 5.41) is 3.99. The fourth-order valence-corrected chi connectivity index (χ4v) is 3.94. The van der Waals surface area contributed by atoms with E-state index in [1.807, 2.05) is 36.6 Å². The first-order valence-electron chi connectivity index (χ1n) is 10.4. The maximum Gasteiger partial charge on any atom is 0.416 e. The topological polar surface area (TPSA) is 53.6 Å². The summed E-state index contributed by atoms with van der Waals surface area (Å²) in [6.45, 7) is 2.83. The zero-order valence-electron chi connectivity index (χ0n) is 18.1. The van der Waals surface area contributed by atoms with Crippen LogP contribution in [0.5, 0.6) is 0 Å². The quantitative estimate of drug-likeness (QED) is 0.284. The van der Waals surface area contributed by atoms with E-state index in [9.17, 15) is 13.2 Å². The molecule has 2 aromatic heterocycles. The summed E-state index contributed by atoms with van der Waals surface area (Å²) >= 11 is 1.40. The van der Waals surface area contributed by atoms with Crippen molar-refractivity contribution < 1.29 is 13.2 Å². The number of pyridine rings is 1. The lowest BCUT2D eigenvalue weighted by atomic mass is 10.0. The highest BCUT2D eigenvalue weighted by Gasteiger charge is 2.31. The van der Waals surface area contributed by atoms with Crippen molar-refractivity contribution in [1.82, 2.24) is 15.0 Å². The zero-order chi connectivity index (χ0) is 23.4. The molecule has 4 aromatic rings. The Kier molecular flexibility index (Phi) is 6.74. The molecule has 4 nitrogen and oxygen atoms in total. The molecule has 0 aliphatic heterocycles. The number of aromatic nitrogens is 3. The standard InChI is InChI=1S/C25H23F3N4S/c1-16(17-7-4-3-5-8-17)15-30-21-14-19(11-12-29-21)23-22(31-24(32-23)33-2)18-9-6-10-20(13-18)25(26,27)28/h3-14,16H,15H2,1-2H3,(H,29,30)(H,31,32). The molecule has 2 heterocycles. The number of hydrogen-bond acceptors (Lipinski definition) is 4. The first-order valence-corrected chi connectivity index (χ1v) is 11.6. The van der Waals surface area contributed by atoms with E-state index in [1.165, 1.54) is 23.4 Å². The van der Waals surface area contributed by atoms with E-state index in [0.717, 1.165) is 17.7 Å². The minimum atomic E-state index is -4.42. The van der Waals surface area contributed by atoms with Crippen molar-refractivity contribution >= 4 is 17.6 Å². The summed E-state index contributed by atoms with van der Waals surface area (Å²) in [5.41, 5.74) is 2.85. The van der Waals surface area contributed by atoms with E-state index in [1.54, 1.807) is 12.3 Å². The molecule has 4 rings (SSSR count). The predicted octanol–water partition coefficient (Wildman–Crippen LogP) is 7.10. The Bertz CT molecular complexity index is 1220. The Morgan fingerprint density at radius 2 is 1.79 bits per heavy atom. The Morgan fingerprint density at radius 3 is 2.52 bits per heavy atom. The smallest absolute Gasteiger partial charge is 0.369 e. The Hall–Kier alpha value is -3.26. The number of alkyl halides is 3. The number of rotatable bonds is 7. The van der Waals surface area contributed by atoms with Gasteiger partial charge in [0, 0.05) is 23.9 Å². The minimum Gasteiger partial charge on any atom is -0.369 e. The van der Waals surface area contributed by atoms with Gasteiger partial charge in [-0.2, -0.15) is 13.2 Å². The van der Waals surface area contributed by atoms with Crippen molar-refractivity contribution in [3.63, 3.8) is 0 Å². The van der Waals surface area contributed by atoms with Gasteiger partial charge >= 0.3 is 6.18 Å². The monoisotopic (exact) mass is 468 g/mol. The van der Waals surface area contributed by atoms with Crippen LogP contribution < -0.4 is 5.32 Å². The number of thioether (sulfide) groups is 1. The molecule has 0 bridgehead atoms. The Labute approximate surface area is 194 Å². The van der Waals surface area contributed by atoms with E-state index < -0.39 is 11.7 Å². The highest BCUT2D eigenvalue weighted by molar-refractivity contribution is 7.98. The summed E-state index contributed by atoms with van der Waals surface area (Å²) in [4.78, 5) is 12.2. The Morgan fingerprint density at radius 1 is 1.00 bits per heavy atom. The van der Waals surface area contributed by atoms with Crippen LogP contribution in [0.25, 0.3) is 22.5 Å². The summed E-state index contributed by atoms with van der Waals surface area (Å²) < 4.78 is 39.8. The van der Waals surface area contributed by atoms with Gasteiger partial charge in [-0.05, 0) is 42.0 Å². The molecule has 8 heteroatoms. The van der Waals surface area contributed by atoms with Gasteiger partial charge in [-0.3, -0.25) is 0 Å². The molecule has 33 heavy (non-hydrogen) atoms. The molecule has 0 aliphatic rings. The molecule has 0 saturated heterocycles. The van der Waals surface area contributed by atoms with Gasteiger partial charge in [-0.1, -0.05) is 61.2 Å². The highest BCUT2D eigenvalue weighted by Crippen LogP contribution is 2.36. The third kappa shape index (κ3) is 5.39. The second-order valence-electron chi connectivity index (χ2n) is 7.67. The summed E-state index contributed by atoms with van der Waals surface area (Å²) in [6.07, 6.45) is -0.874. The molecular weight excluding hydrogens is 445 g/mol. The number of nitrogens with zero attached hydrogens (tertiary/aromatic N) is 2. The maximum absolute atomic E-state index is 13.3. The first-order chi connectivity index (χ1) is 15.8. The Balaban J connectivity index is 1.63. The van der Waals surface area contributed by atoms with Crippen LogP contribution in [0.1, 0.15) is 24.0 Å². The van der Waals surface area contributed by atoms with Crippen molar-refractivity contribution in [3.05, 3.63) is 84.1 Å². The van der Waals surface area contributed by atoms with Gasteiger partial charge in [0.1, 0.15) is 5.82 Å². The van der Waals surface area contributed by atoms with Crippen molar-refractivity contribution in [2.45, 2.75) is 24.2 Å². The molecule has 0 saturated carbocycles. The lowest BCUT2D eigenvalue weighted by Crippen LogP contribution is -2.10. The van der Waals surface area contributed by atoms with Gasteiger partial charge in [0.15, 0.2) is 5.16 Å². The zero-order valence-corrected chi connectivity index (χ0v) is 19.0. The van der Waals surface area contributed by atoms with E-state index in [4.69, 9.17) is 0 Å². The van der Waals surface area contributed by atoms with Gasteiger partial charge < -0.3 is 10.3 Å². The molecular formula is C25H23F3N4S. The molecule has 0 amide bonds. The fraction of sp³-hybridized carbons (Fsp3) is 0.200. The second-order valence-corrected chi connectivity index (χ2v) is 8.47. The van der Waals surface area contributed by atoms with Gasteiger partial charge in [-0.15, -0.1) is 0 Å². The number of hydrogen-bond donors (Lipinski definition) is 2. The third-order valence-corrected chi connectivity index (χ3v) is 5.93. The number of halogens is 3. The van der Waals surface area contributed by atoms with Gasteiger partial charge in [0.05, 0.1) is 17.0 Å². The van der Waals surface area contributed by atoms with E-state index in [-0.39, 0.29) is 5.92 Å². The fourth-order valence-electron chi connectivity index (χ4n) is 3.55. The molecule has 1 atom stereocenters. The van der Waals surface area contributed by atoms with Crippen LogP contribution in [0.3, 0.4) is 0 Å². The summed E-state index contributed by atoms with van der Waals surface area (Å²) in [6, 6.07) is 19.1. The van der Waals surface area contributed by atoms with Crippen LogP contribution in [0.15, 0.2) is 78.1 Å². The van der Waals surface area contributed by atoms with Crippen molar-refractivity contribution in [2.24, 2.45) is 0 Å². The normalized spacial score (nSPS) is 12.5. The predicted molar refractivity (Wildman–Crippen MR) is 127 cm³/mol. The SMILES string of the molecule is CSc1nc(-c2cccc(C(F)(F)F)c2)c(-c2ccnc(NCC(C)c3ccccc3)c2)[nH]1. The number of aromatic amines is 1. The van der Waals surface area contributed by atoms with Crippen LogP contribution in [0, 0.1) is 0 Å². The molecule has 0 spiro atoms. The van der Waals surface area contributed by atoms with Gasteiger partial charge in [-0.25, -0.2) is 9.97 Å². The summed E-state index contributed by atoms with van der Waals surface area (Å²) in [7, 11) is 0. The lowest BCUT2D eigenvalue weighted by molar-refractivity contribution is -0.137. The number of imidazole rings is 1. The van der Waals surface area contributed by atoms with Crippen molar-refractivity contribution in [3.8, 4) is 22.5 Å². The molecule has 2 N–H and O–H groups in total. The van der Waals surface area contributed by atoms with Gasteiger partial charge in [0.25, 0.3) is 0 Å². The lowest BCUT2D eigenvalue weighted by Gasteiger charge is -2.14. The van der Waals surface area contributed by atoms with Gasteiger partial charge in [0.2, 0.25) is 0 Å². The van der Waals surface area contributed by atoms with E-state index in [0.29, 0.717) is 34.5 Å². The van der Waals surface area contributed by atoms with Crippen molar-refractivity contribution in [1.29, 1.82) is 0 Å². The molecule has 0 radical (unpaired) electrons. The van der Waals surface area contributed by atoms with Crippen LogP contribution >= 0.6 is 11.8 Å². The first kappa shape index (κ1) is 22.9. The van der Waals surface area contributed by atoms with Crippen molar-refractivity contribution in [2.75, 3.05) is 18.1 Å². The largest absolute Gasteiger partial charge is 0.416 e. The molecule has 2 aromatic carbocycles. The third-order valence-electron chi connectivity index (χ3n) is 5.35. The minimum absolute atomic E-state index is 0.285. The van der Waals surface area contributed by atoms with E-state index >= 15 is 0 Å². The number of anilines is 1. The maximum atomic E-state index is 13.3.